The van der Waals surface area contributed by atoms with Crippen molar-refractivity contribution in [2.45, 2.75) is 70.2 Å². The molecule has 1 aromatic heterocycles. The highest BCUT2D eigenvalue weighted by Gasteiger charge is 2.38. The molecule has 0 aliphatic heterocycles. The van der Waals surface area contributed by atoms with Crippen molar-refractivity contribution in [3.8, 4) is 11.3 Å². The van der Waals surface area contributed by atoms with Crippen molar-refractivity contribution in [3.63, 3.8) is 0 Å². The van der Waals surface area contributed by atoms with Crippen LogP contribution in [-0.4, -0.2) is 24.1 Å². The van der Waals surface area contributed by atoms with Crippen molar-refractivity contribution in [2.24, 2.45) is 11.8 Å². The fraction of sp³-hybridized carbons (Fsp3) is 0.353. The van der Waals surface area contributed by atoms with E-state index in [0.717, 1.165) is 46.5 Å². The van der Waals surface area contributed by atoms with Gasteiger partial charge in [0, 0.05) is 17.0 Å². The third-order valence-corrected chi connectivity index (χ3v) is 9.88. The molecule has 4 atom stereocenters. The number of hydrogen-bond acceptors (Lipinski definition) is 4. The maximum Gasteiger partial charge on any atom is 0.252 e. The van der Waals surface area contributed by atoms with Crippen LogP contribution in [0.15, 0.2) is 89.8 Å². The van der Waals surface area contributed by atoms with E-state index in [1.165, 1.54) is 0 Å². The molecule has 214 valence electrons. The number of carbonyl (C=O) groups is 1. The number of aryl methyl sites for hydroxylation is 1. The van der Waals surface area contributed by atoms with Crippen molar-refractivity contribution in [2.75, 3.05) is 0 Å². The van der Waals surface area contributed by atoms with Crippen molar-refractivity contribution in [1.82, 2.24) is 14.5 Å². The maximum absolute atomic E-state index is 14.5. The molecule has 4 aromatic rings. The highest BCUT2D eigenvalue weighted by molar-refractivity contribution is 7.89. The summed E-state index contributed by atoms with van der Waals surface area (Å²) in [6.07, 6.45) is 2.07. The summed E-state index contributed by atoms with van der Waals surface area (Å²) in [7, 11) is -3.91. The van der Waals surface area contributed by atoms with Crippen LogP contribution in [0.3, 0.4) is 0 Å². The zero-order valence-corrected chi connectivity index (χ0v) is 25.2. The summed E-state index contributed by atoms with van der Waals surface area (Å²) >= 11 is 0. The molecular weight excluding hydrogens is 530 g/mol. The zero-order chi connectivity index (χ0) is 29.3. The first-order valence-electron chi connectivity index (χ1n) is 14.4. The van der Waals surface area contributed by atoms with Crippen LogP contribution < -0.4 is 4.72 Å². The lowest BCUT2D eigenvalue weighted by Crippen LogP contribution is -2.37. The Morgan fingerprint density at radius 3 is 2.12 bits per heavy atom. The van der Waals surface area contributed by atoms with Crippen molar-refractivity contribution in [3.05, 3.63) is 107 Å². The quantitative estimate of drug-likeness (QED) is 0.238. The van der Waals surface area contributed by atoms with Crippen LogP contribution in [0, 0.1) is 18.8 Å². The van der Waals surface area contributed by atoms with E-state index in [2.05, 4.69) is 25.5 Å². The highest BCUT2D eigenvalue weighted by atomic mass is 32.2. The van der Waals surface area contributed by atoms with Crippen LogP contribution in [0.25, 0.3) is 11.3 Å². The topological polar surface area (TPSA) is 81.1 Å². The molecule has 1 aliphatic rings. The molecule has 0 amide bonds. The third kappa shape index (κ3) is 5.79. The Morgan fingerprint density at radius 1 is 0.902 bits per heavy atom. The molecule has 3 aromatic carbocycles. The number of hydrogen-bond donors (Lipinski definition) is 1. The van der Waals surface area contributed by atoms with E-state index in [4.69, 9.17) is 5.10 Å². The second-order valence-electron chi connectivity index (χ2n) is 11.7. The van der Waals surface area contributed by atoms with Crippen LogP contribution in [0.1, 0.15) is 85.6 Å². The van der Waals surface area contributed by atoms with E-state index in [1.807, 2.05) is 67.6 Å². The molecule has 1 N–H and O–H groups in total. The van der Waals surface area contributed by atoms with Gasteiger partial charge in [-0.25, -0.2) is 13.1 Å². The maximum atomic E-state index is 14.5. The predicted molar refractivity (Wildman–Crippen MR) is 163 cm³/mol. The molecule has 7 heteroatoms. The Balaban J connectivity index is 1.61. The largest absolute Gasteiger partial charge is 0.272 e. The Kier molecular flexibility index (Phi) is 8.30. The number of benzene rings is 3. The number of rotatable bonds is 8. The zero-order valence-electron chi connectivity index (χ0n) is 24.4. The lowest BCUT2D eigenvalue weighted by Gasteiger charge is -2.29. The minimum atomic E-state index is -3.91. The van der Waals surface area contributed by atoms with Gasteiger partial charge in [0.25, 0.3) is 5.91 Å². The number of nitrogens with zero attached hydrogens (tertiary/aromatic N) is 2. The van der Waals surface area contributed by atoms with Crippen molar-refractivity contribution in [1.29, 1.82) is 0 Å². The average Bonchev–Trinajstić information content (AvgIpc) is 3.38. The molecule has 0 bridgehead atoms. The van der Waals surface area contributed by atoms with E-state index >= 15 is 0 Å². The number of nitrogens with one attached hydrogen (secondary N) is 1. The van der Waals surface area contributed by atoms with Gasteiger partial charge in [0.05, 0.1) is 28.2 Å². The first-order chi connectivity index (χ1) is 19.6. The second-order valence-corrected chi connectivity index (χ2v) is 13.4. The fourth-order valence-electron chi connectivity index (χ4n) is 6.01. The normalized spacial score (nSPS) is 18.6. The van der Waals surface area contributed by atoms with Crippen LogP contribution >= 0.6 is 0 Å². The molecule has 1 heterocycles. The Bertz CT molecular complexity index is 1610. The number of aromatic nitrogens is 2. The van der Waals surface area contributed by atoms with Crippen molar-refractivity contribution >= 4 is 15.9 Å². The van der Waals surface area contributed by atoms with Gasteiger partial charge in [0.15, 0.2) is 0 Å². The standard InChI is InChI=1S/C34H39N3O3S/c1-22(2)29-21-18-24(4)30-32(29)35-37(33(30)27-14-10-7-11-15-27)34(38)25(5)31(26-12-8-6-9-13-26)36-41(39,40)28-19-16-23(3)17-20-28/h6-17,19-20,22,24-25,29,31,36H,18,21H2,1-5H3/t24-,25+,29+,31+/m1/s1. The molecule has 41 heavy (non-hydrogen) atoms. The third-order valence-electron chi connectivity index (χ3n) is 8.43. The molecular formula is C34H39N3O3S. The average molecular weight is 570 g/mol. The summed E-state index contributed by atoms with van der Waals surface area (Å²) in [5.74, 6) is -0.0724. The first kappa shape index (κ1) is 29.0. The minimum Gasteiger partial charge on any atom is -0.272 e. The van der Waals surface area contributed by atoms with Crippen LogP contribution in [0.2, 0.25) is 0 Å². The Labute approximate surface area is 243 Å². The van der Waals surface area contributed by atoms with Gasteiger partial charge >= 0.3 is 0 Å². The van der Waals surface area contributed by atoms with Gasteiger partial charge < -0.3 is 0 Å². The summed E-state index contributed by atoms with van der Waals surface area (Å²) in [6, 6.07) is 25.2. The molecule has 5 rings (SSSR count). The fourth-order valence-corrected chi connectivity index (χ4v) is 7.31. The van der Waals surface area contributed by atoms with Gasteiger partial charge in [-0.05, 0) is 49.3 Å². The first-order valence-corrected chi connectivity index (χ1v) is 15.9. The molecule has 0 saturated heterocycles. The molecule has 0 unspecified atom stereocenters. The molecule has 0 radical (unpaired) electrons. The Hall–Kier alpha value is -3.55. The summed E-state index contributed by atoms with van der Waals surface area (Å²) in [6.45, 7) is 10.3. The van der Waals surface area contributed by atoms with Gasteiger partial charge in [0.2, 0.25) is 10.0 Å². The van der Waals surface area contributed by atoms with E-state index in [0.29, 0.717) is 5.92 Å². The summed E-state index contributed by atoms with van der Waals surface area (Å²) in [5, 5.41) is 5.03. The van der Waals surface area contributed by atoms with E-state index in [9.17, 15) is 13.2 Å². The smallest absolute Gasteiger partial charge is 0.252 e. The number of sulfonamides is 1. The SMILES string of the molecule is Cc1ccc(S(=O)(=O)N[C@H](c2ccccc2)[C@H](C)C(=O)n2nc3c(c2-c2ccccc2)[C@H](C)CC[C@H]3C(C)C)cc1. The number of carbonyl (C=O) groups excluding carboxylic acids is 1. The van der Waals surface area contributed by atoms with Crippen LogP contribution in [0.5, 0.6) is 0 Å². The van der Waals surface area contributed by atoms with E-state index in [1.54, 1.807) is 35.9 Å². The highest BCUT2D eigenvalue weighted by Crippen LogP contribution is 2.46. The lowest BCUT2D eigenvalue weighted by atomic mass is 9.75. The van der Waals surface area contributed by atoms with E-state index < -0.39 is 22.0 Å². The molecule has 6 nitrogen and oxygen atoms in total. The van der Waals surface area contributed by atoms with Crippen LogP contribution in [0.4, 0.5) is 0 Å². The van der Waals surface area contributed by atoms with Gasteiger partial charge in [-0.2, -0.15) is 9.78 Å². The van der Waals surface area contributed by atoms with E-state index in [-0.39, 0.29) is 22.6 Å². The molecule has 1 aliphatic carbocycles. The minimum absolute atomic E-state index is 0.164. The van der Waals surface area contributed by atoms with Crippen LogP contribution in [-0.2, 0) is 10.0 Å². The second kappa shape index (κ2) is 11.7. The Morgan fingerprint density at radius 2 is 1.51 bits per heavy atom. The monoisotopic (exact) mass is 569 g/mol. The summed E-state index contributed by atoms with van der Waals surface area (Å²) in [4.78, 5) is 14.7. The summed E-state index contributed by atoms with van der Waals surface area (Å²) in [5.41, 5.74) is 5.58. The van der Waals surface area contributed by atoms with Gasteiger partial charge in [-0.3, -0.25) is 4.79 Å². The molecule has 0 fully saturated rings. The van der Waals surface area contributed by atoms with Gasteiger partial charge in [-0.15, -0.1) is 0 Å². The molecule has 0 spiro atoms. The van der Waals surface area contributed by atoms with Crippen molar-refractivity contribution < 1.29 is 13.2 Å². The number of fused-ring (bicyclic) bond motifs is 1. The predicted octanol–water partition coefficient (Wildman–Crippen LogP) is 7.49. The lowest BCUT2D eigenvalue weighted by molar-refractivity contribution is 0.0806. The van der Waals surface area contributed by atoms with Gasteiger partial charge in [-0.1, -0.05) is 106 Å². The van der Waals surface area contributed by atoms with Gasteiger partial charge in [0.1, 0.15) is 0 Å². The molecule has 0 saturated carbocycles. The summed E-state index contributed by atoms with van der Waals surface area (Å²) < 4.78 is 31.5.